The van der Waals surface area contributed by atoms with Crippen molar-refractivity contribution in [3.8, 4) is 5.88 Å². The summed E-state index contributed by atoms with van der Waals surface area (Å²) < 4.78 is 90.5. The van der Waals surface area contributed by atoms with E-state index in [1.807, 2.05) is 0 Å². The fraction of sp³-hybridized carbons (Fsp3) is 0.444. The van der Waals surface area contributed by atoms with E-state index in [1.54, 1.807) is 4.90 Å². The Morgan fingerprint density at radius 1 is 1.15 bits per heavy atom. The Kier molecular flexibility index (Phi) is 7.38. The van der Waals surface area contributed by atoms with Gasteiger partial charge >= 0.3 is 12.1 Å². The first-order chi connectivity index (χ1) is 19.3. The van der Waals surface area contributed by atoms with Gasteiger partial charge in [0, 0.05) is 38.2 Å². The minimum Gasteiger partial charge on any atom is -0.480 e. The largest absolute Gasteiger partial charge is 0.480 e. The quantitative estimate of drug-likeness (QED) is 0.428. The maximum atomic E-state index is 15.8. The number of ether oxygens (including phenoxy) is 1. The van der Waals surface area contributed by atoms with E-state index in [-0.39, 0.29) is 28.3 Å². The summed E-state index contributed by atoms with van der Waals surface area (Å²) in [4.78, 5) is 21.0. The highest BCUT2D eigenvalue weighted by molar-refractivity contribution is 5.75. The summed E-state index contributed by atoms with van der Waals surface area (Å²) in [5, 5.41) is 12.3. The number of hydrogen-bond acceptors (Lipinski definition) is 7. The van der Waals surface area contributed by atoms with Gasteiger partial charge in [-0.25, -0.2) is 13.2 Å². The molecule has 8 nitrogen and oxygen atoms in total. The summed E-state index contributed by atoms with van der Waals surface area (Å²) in [6.07, 6.45) is -4.40. The van der Waals surface area contributed by atoms with Gasteiger partial charge in [-0.15, -0.1) is 0 Å². The molecule has 41 heavy (non-hydrogen) atoms. The number of nitrogen functional groups attached to an aromatic ring is 1. The van der Waals surface area contributed by atoms with Gasteiger partial charge in [0.1, 0.15) is 23.5 Å². The minimum atomic E-state index is -5.16. The molecule has 3 atom stereocenters. The maximum absolute atomic E-state index is 15.8. The molecule has 4 N–H and O–H groups in total. The number of carboxylic acids is 1. The first kappa shape index (κ1) is 28.7. The fourth-order valence-electron chi connectivity index (χ4n) is 5.65. The Morgan fingerprint density at radius 2 is 1.83 bits per heavy atom. The number of rotatable bonds is 6. The van der Waals surface area contributed by atoms with Crippen LogP contribution in [0.1, 0.15) is 31.2 Å². The van der Waals surface area contributed by atoms with Gasteiger partial charge in [-0.3, -0.25) is 4.79 Å². The summed E-state index contributed by atoms with van der Waals surface area (Å²) in [7, 11) is 0. The zero-order valence-corrected chi connectivity index (χ0v) is 21.6. The number of aromatic nitrogens is 2. The van der Waals surface area contributed by atoms with E-state index in [9.17, 15) is 31.9 Å². The Morgan fingerprint density at radius 3 is 2.39 bits per heavy atom. The van der Waals surface area contributed by atoms with Crippen molar-refractivity contribution in [1.82, 2.24) is 15.3 Å². The molecule has 0 amide bonds. The molecule has 1 aliphatic carbocycles. The number of allylic oxidation sites excluding steroid dienone is 3. The van der Waals surface area contributed by atoms with Gasteiger partial charge in [0.15, 0.2) is 5.67 Å². The van der Waals surface area contributed by atoms with E-state index in [1.165, 1.54) is 0 Å². The summed E-state index contributed by atoms with van der Waals surface area (Å²) >= 11 is 0. The highest BCUT2D eigenvalue weighted by Gasteiger charge is 2.56. The van der Waals surface area contributed by atoms with Crippen LogP contribution in [0.25, 0.3) is 5.57 Å². The Labute approximate surface area is 230 Å². The van der Waals surface area contributed by atoms with E-state index >= 15 is 4.39 Å². The van der Waals surface area contributed by atoms with Crippen LogP contribution in [0.15, 0.2) is 42.5 Å². The van der Waals surface area contributed by atoms with Crippen LogP contribution in [0.2, 0.25) is 0 Å². The second-order valence-corrected chi connectivity index (χ2v) is 10.7. The van der Waals surface area contributed by atoms with Gasteiger partial charge in [-0.05, 0) is 54.0 Å². The van der Waals surface area contributed by atoms with E-state index in [0.717, 1.165) is 30.4 Å². The van der Waals surface area contributed by atoms with Crippen LogP contribution >= 0.6 is 0 Å². The van der Waals surface area contributed by atoms with Crippen LogP contribution < -0.4 is 20.7 Å². The number of carbonyl (C=O) groups is 1. The average molecular weight is 584 g/mol. The smallest absolute Gasteiger partial charge is 0.429 e. The van der Waals surface area contributed by atoms with Crippen molar-refractivity contribution in [2.24, 2.45) is 5.41 Å². The third kappa shape index (κ3) is 6.11. The van der Waals surface area contributed by atoms with Crippen LogP contribution in [0, 0.1) is 17.0 Å². The monoisotopic (exact) mass is 583 g/mol. The zero-order valence-electron chi connectivity index (χ0n) is 21.6. The van der Waals surface area contributed by atoms with Crippen molar-refractivity contribution in [2.75, 3.05) is 30.3 Å². The highest BCUT2D eigenvalue weighted by Crippen LogP contribution is 2.43. The Balaban J connectivity index is 1.32. The second kappa shape index (κ2) is 10.5. The number of alkyl halides is 4. The second-order valence-electron chi connectivity index (χ2n) is 10.7. The number of nitrogens with zero attached hydrogens (tertiary/aromatic N) is 3. The molecule has 2 aromatic rings. The lowest BCUT2D eigenvalue weighted by Crippen LogP contribution is -2.51. The predicted octanol–water partition coefficient (Wildman–Crippen LogP) is 4.43. The summed E-state index contributed by atoms with van der Waals surface area (Å²) in [5.41, 5.74) is 2.71. The molecule has 1 aromatic carbocycles. The number of nitrogens with one attached hydrogen (secondary N) is 1. The van der Waals surface area contributed by atoms with Gasteiger partial charge < -0.3 is 25.8 Å². The lowest BCUT2D eigenvalue weighted by atomic mass is 9.76. The number of aliphatic carboxylic acids is 1. The van der Waals surface area contributed by atoms with Gasteiger partial charge in [0.25, 0.3) is 0 Å². The van der Waals surface area contributed by atoms with E-state index in [0.29, 0.717) is 51.0 Å². The van der Waals surface area contributed by atoms with Crippen molar-refractivity contribution >= 4 is 23.3 Å². The van der Waals surface area contributed by atoms with Crippen LogP contribution in [0.3, 0.4) is 0 Å². The van der Waals surface area contributed by atoms with Crippen molar-refractivity contribution < 1.29 is 41.0 Å². The number of piperidine rings is 1. The normalized spacial score (nSPS) is 24.8. The summed E-state index contributed by atoms with van der Waals surface area (Å²) in [5.74, 6) is -3.42. The van der Waals surface area contributed by atoms with Crippen molar-refractivity contribution in [1.29, 1.82) is 0 Å². The number of anilines is 2. The number of benzene rings is 1. The molecule has 1 spiro atoms. The molecule has 220 valence electrons. The van der Waals surface area contributed by atoms with Crippen molar-refractivity contribution in [3.63, 3.8) is 0 Å². The molecule has 3 heterocycles. The molecular weight excluding hydrogens is 556 g/mol. The van der Waals surface area contributed by atoms with E-state index < -0.39 is 53.9 Å². The molecule has 1 aromatic heterocycles. The van der Waals surface area contributed by atoms with Crippen molar-refractivity contribution in [2.45, 2.75) is 49.7 Å². The van der Waals surface area contributed by atoms with Crippen LogP contribution in [0.4, 0.5) is 38.1 Å². The Hall–Kier alpha value is -3.81. The molecule has 2 fully saturated rings. The molecular formula is C27H27F6N5O3. The van der Waals surface area contributed by atoms with Gasteiger partial charge in [-0.1, -0.05) is 12.2 Å². The van der Waals surface area contributed by atoms with Crippen LogP contribution in [0.5, 0.6) is 5.88 Å². The number of nitrogens with two attached hydrogens (primary N) is 1. The topological polar surface area (TPSA) is 114 Å². The first-order valence-corrected chi connectivity index (χ1v) is 12.9. The number of halogens is 6. The van der Waals surface area contributed by atoms with Gasteiger partial charge in [0.05, 0.1) is 0 Å². The van der Waals surface area contributed by atoms with Crippen LogP contribution in [-0.2, 0) is 4.79 Å². The third-order valence-electron chi connectivity index (χ3n) is 7.86. The molecule has 2 aliphatic heterocycles. The fourth-order valence-corrected chi connectivity index (χ4v) is 5.65. The molecule has 1 unspecified atom stereocenters. The Bertz CT molecular complexity index is 1370. The van der Waals surface area contributed by atoms with E-state index in [4.69, 9.17) is 10.5 Å². The molecule has 2 saturated heterocycles. The standard InChI is InChI=1S/C27H27F6N5O3/c28-17-9-16(10-18(29)11-17)15-1-3-26(30,4-2-15)23(27(31,32)33)41-21-12-20(36-24(34)37-21)38-7-5-25(6-8-38)13-19(22(39)40)35-14-25/h1-3,9-12,19,23,35H,4-8,13-14H2,(H,39,40)(H2,34,36,37)/t19-,23+,26?/m0/s1. The van der Waals surface area contributed by atoms with E-state index in [2.05, 4.69) is 15.3 Å². The molecule has 0 saturated carbocycles. The zero-order chi connectivity index (χ0) is 29.6. The molecule has 14 heteroatoms. The average Bonchev–Trinajstić information content (AvgIpc) is 3.30. The third-order valence-corrected chi connectivity index (χ3v) is 7.86. The molecule has 0 radical (unpaired) electrons. The van der Waals surface area contributed by atoms with Gasteiger partial charge in [0.2, 0.25) is 17.9 Å². The summed E-state index contributed by atoms with van der Waals surface area (Å²) in [6, 6.07) is 3.16. The predicted molar refractivity (Wildman–Crippen MR) is 137 cm³/mol. The maximum Gasteiger partial charge on any atom is 0.429 e. The highest BCUT2D eigenvalue weighted by atomic mass is 19.4. The molecule has 3 aliphatic rings. The minimum absolute atomic E-state index is 0.0497. The summed E-state index contributed by atoms with van der Waals surface area (Å²) in [6.45, 7) is 1.43. The SMILES string of the molecule is Nc1nc(O[C@@H](C(F)(F)F)C2(F)C=CC(c3cc(F)cc(F)c3)=CC2)cc(N2CCC3(CC2)CN[C@H](C(=O)O)C3)n1. The van der Waals surface area contributed by atoms with Gasteiger partial charge in [-0.2, -0.15) is 23.1 Å². The lowest BCUT2D eigenvalue weighted by Gasteiger charge is -2.39. The lowest BCUT2D eigenvalue weighted by molar-refractivity contribution is -0.224. The first-order valence-electron chi connectivity index (χ1n) is 12.9. The molecule has 5 rings (SSSR count). The molecule has 0 bridgehead atoms. The van der Waals surface area contributed by atoms with Crippen LogP contribution in [-0.4, -0.2) is 64.7 Å². The number of carboxylic acid groups (broad SMARTS) is 1. The number of hydrogen-bond donors (Lipinski definition) is 3. The van der Waals surface area contributed by atoms with Crippen molar-refractivity contribution in [3.05, 3.63) is 59.7 Å².